The normalized spacial score (nSPS) is 13.3. The van der Waals surface area contributed by atoms with Gasteiger partial charge >= 0.3 is 0 Å². The van der Waals surface area contributed by atoms with Crippen LogP contribution in [-0.4, -0.2) is 16.1 Å². The molecule has 0 saturated carbocycles. The zero-order valence-electron chi connectivity index (χ0n) is 4.57. The highest BCUT2D eigenvalue weighted by Crippen LogP contribution is 2.19. The lowest BCUT2D eigenvalue weighted by atomic mass is 10.5. The Morgan fingerprint density at radius 1 is 1.89 bits per heavy atom. The maximum Gasteiger partial charge on any atom is 0.217 e. The van der Waals surface area contributed by atoms with Crippen LogP contribution in [0.1, 0.15) is 10.5 Å². The van der Waals surface area contributed by atoms with Crippen molar-refractivity contribution in [3.63, 3.8) is 0 Å². The van der Waals surface area contributed by atoms with Crippen molar-refractivity contribution in [2.24, 2.45) is 0 Å². The Morgan fingerprint density at radius 3 is 3.11 bits per heavy atom. The summed E-state index contributed by atoms with van der Waals surface area (Å²) < 4.78 is 6.53. The zero-order chi connectivity index (χ0) is 6.27. The third-order valence-corrected chi connectivity index (χ3v) is 1.22. The molecule has 0 aromatic carbocycles. The van der Waals surface area contributed by atoms with Gasteiger partial charge in [-0.25, -0.2) is 0 Å². The first-order valence-electron chi connectivity index (χ1n) is 2.56. The molecule has 0 bridgehead atoms. The van der Waals surface area contributed by atoms with Gasteiger partial charge in [-0.15, -0.1) is 0 Å². The summed E-state index contributed by atoms with van der Waals surface area (Å²) in [5.41, 5.74) is 0.433. The van der Waals surface area contributed by atoms with Crippen LogP contribution >= 0.6 is 0 Å². The van der Waals surface area contributed by atoms with E-state index < -0.39 is 0 Å². The molecule has 4 heteroatoms. The molecule has 46 valence electrons. The molecule has 0 aliphatic carbocycles. The van der Waals surface area contributed by atoms with Crippen LogP contribution in [0.15, 0.2) is 6.07 Å². The maximum atomic E-state index is 10.1. The topological polar surface area (TPSA) is 44.1 Å². The van der Waals surface area contributed by atoms with E-state index in [0.717, 1.165) is 0 Å². The summed E-state index contributed by atoms with van der Waals surface area (Å²) in [7, 11) is 0. The summed E-state index contributed by atoms with van der Waals surface area (Å²) in [5, 5.41) is 3.84. The first-order chi connectivity index (χ1) is 4.40. The number of hydrogen-bond acceptors (Lipinski definition) is 3. The van der Waals surface area contributed by atoms with Crippen LogP contribution in [0.2, 0.25) is 0 Å². The zero-order valence-corrected chi connectivity index (χ0v) is 4.57. The van der Waals surface area contributed by atoms with Gasteiger partial charge in [0, 0.05) is 6.07 Å². The van der Waals surface area contributed by atoms with E-state index in [1.807, 2.05) is 0 Å². The van der Waals surface area contributed by atoms with Crippen molar-refractivity contribution < 1.29 is 9.53 Å². The van der Waals surface area contributed by atoms with Gasteiger partial charge in [-0.1, -0.05) is 0 Å². The summed E-state index contributed by atoms with van der Waals surface area (Å²) in [5.74, 6) is 0.678. The van der Waals surface area contributed by atoms with E-state index in [1.165, 1.54) is 0 Å². The molecule has 2 heterocycles. The molecule has 0 radical (unpaired) electrons. The molecule has 0 fully saturated rings. The lowest BCUT2D eigenvalue weighted by molar-refractivity contribution is 0.108. The Bertz CT molecular complexity index is 232. The number of aromatic nitrogens is 2. The monoisotopic (exact) mass is 124 g/mol. The minimum Gasteiger partial charge on any atom is -0.454 e. The Morgan fingerprint density at radius 2 is 2.78 bits per heavy atom. The third-order valence-electron chi connectivity index (χ3n) is 1.22. The van der Waals surface area contributed by atoms with E-state index in [1.54, 1.807) is 10.7 Å². The van der Waals surface area contributed by atoms with Crippen molar-refractivity contribution in [1.82, 2.24) is 9.78 Å². The fourth-order valence-electron chi connectivity index (χ4n) is 0.743. The molecule has 1 aromatic heterocycles. The fraction of sp³-hybridized carbons (Fsp3) is 0.200. The van der Waals surface area contributed by atoms with E-state index >= 15 is 0 Å². The number of carbonyl (C=O) groups is 1. The Hall–Kier alpha value is -1.32. The van der Waals surface area contributed by atoms with E-state index in [-0.39, 0.29) is 0 Å². The van der Waals surface area contributed by atoms with Crippen molar-refractivity contribution in [3.05, 3.63) is 11.8 Å². The van der Waals surface area contributed by atoms with Crippen LogP contribution in [0.3, 0.4) is 0 Å². The minimum absolute atomic E-state index is 0.433. The fourth-order valence-corrected chi connectivity index (χ4v) is 0.743. The van der Waals surface area contributed by atoms with Gasteiger partial charge in [-0.3, -0.25) is 4.79 Å². The number of ether oxygens (including phenoxy) is 1. The van der Waals surface area contributed by atoms with Crippen molar-refractivity contribution >= 4 is 6.29 Å². The second-order valence-electron chi connectivity index (χ2n) is 1.80. The van der Waals surface area contributed by atoms with Gasteiger partial charge in [0.2, 0.25) is 5.88 Å². The van der Waals surface area contributed by atoms with Gasteiger partial charge in [0.05, 0.1) is 0 Å². The summed E-state index contributed by atoms with van der Waals surface area (Å²) in [6, 6.07) is 1.61. The lowest BCUT2D eigenvalue weighted by Gasteiger charge is -2.15. The molecule has 0 amide bonds. The molecule has 1 aliphatic rings. The van der Waals surface area contributed by atoms with Gasteiger partial charge in [-0.2, -0.15) is 9.78 Å². The number of nitrogens with zero attached hydrogens (tertiary/aromatic N) is 2. The van der Waals surface area contributed by atoms with Crippen molar-refractivity contribution in [1.29, 1.82) is 0 Å². The first-order valence-corrected chi connectivity index (χ1v) is 2.56. The van der Waals surface area contributed by atoms with Gasteiger partial charge in [0.15, 0.2) is 13.0 Å². The molecule has 2 rings (SSSR count). The van der Waals surface area contributed by atoms with E-state index in [0.29, 0.717) is 24.6 Å². The Labute approximate surface area is 51.0 Å². The summed E-state index contributed by atoms with van der Waals surface area (Å²) in [4.78, 5) is 10.1. The minimum atomic E-state index is 0.433. The van der Waals surface area contributed by atoms with Gasteiger partial charge < -0.3 is 4.74 Å². The summed E-state index contributed by atoms with van der Waals surface area (Å²) >= 11 is 0. The van der Waals surface area contributed by atoms with Crippen molar-refractivity contribution in [2.45, 2.75) is 6.73 Å². The average Bonchev–Trinajstić information content (AvgIpc) is 2.10. The molecule has 0 spiro atoms. The molecular weight excluding hydrogens is 120 g/mol. The number of rotatable bonds is 1. The molecule has 0 N–H and O–H groups in total. The molecule has 4 nitrogen and oxygen atoms in total. The highest BCUT2D eigenvalue weighted by molar-refractivity contribution is 5.72. The number of fused-ring (bicyclic) bond motifs is 1. The number of carbonyl (C=O) groups excluding carboxylic acids is 1. The molecule has 0 unspecified atom stereocenters. The first kappa shape index (κ1) is 4.55. The average molecular weight is 124 g/mol. The highest BCUT2D eigenvalue weighted by Gasteiger charge is 2.15. The number of hydrogen-bond donors (Lipinski definition) is 0. The molecule has 0 saturated heterocycles. The maximum absolute atomic E-state index is 10.1. The van der Waals surface area contributed by atoms with Gasteiger partial charge in [-0.05, 0) is 0 Å². The van der Waals surface area contributed by atoms with E-state index in [9.17, 15) is 4.79 Å². The Balaban J connectivity index is 2.52. The highest BCUT2D eigenvalue weighted by atomic mass is 16.5. The van der Waals surface area contributed by atoms with Crippen molar-refractivity contribution in [3.8, 4) is 5.88 Å². The van der Waals surface area contributed by atoms with Gasteiger partial charge in [0.1, 0.15) is 5.69 Å². The molecule has 0 atom stereocenters. The van der Waals surface area contributed by atoms with Crippen LogP contribution in [0.5, 0.6) is 5.88 Å². The van der Waals surface area contributed by atoms with Crippen LogP contribution in [0.4, 0.5) is 0 Å². The molecule has 1 aromatic rings. The molecular formula is C5H4N2O2. The smallest absolute Gasteiger partial charge is 0.217 e. The predicted molar refractivity (Wildman–Crippen MR) is 28.2 cm³/mol. The lowest BCUT2D eigenvalue weighted by Crippen LogP contribution is -2.18. The number of aldehydes is 1. The van der Waals surface area contributed by atoms with Crippen LogP contribution < -0.4 is 4.74 Å². The quantitative estimate of drug-likeness (QED) is 0.496. The standard InChI is InChI=1S/C5H4N2O2/c8-2-4-1-5-7(6-4)3-9-5/h1-2H,3H2. The second kappa shape index (κ2) is 1.34. The summed E-state index contributed by atoms with van der Waals surface area (Å²) in [6.07, 6.45) is 0.703. The van der Waals surface area contributed by atoms with Crippen molar-refractivity contribution in [2.75, 3.05) is 0 Å². The SMILES string of the molecule is O=Cc1cc2n(n1)CO2. The summed E-state index contributed by atoms with van der Waals surface area (Å²) in [6.45, 7) is 0.475. The largest absolute Gasteiger partial charge is 0.454 e. The van der Waals surface area contributed by atoms with E-state index in [4.69, 9.17) is 4.74 Å². The third kappa shape index (κ3) is 0.468. The van der Waals surface area contributed by atoms with Gasteiger partial charge in [0.25, 0.3) is 0 Å². The predicted octanol–water partition coefficient (Wildman–Crippen LogP) is 0.0455. The molecule has 1 aliphatic heterocycles. The Kier molecular flexibility index (Phi) is 0.677. The van der Waals surface area contributed by atoms with Crippen LogP contribution in [0.25, 0.3) is 0 Å². The molecule has 9 heavy (non-hydrogen) atoms. The van der Waals surface area contributed by atoms with E-state index in [2.05, 4.69) is 5.10 Å². The van der Waals surface area contributed by atoms with Crippen LogP contribution in [-0.2, 0) is 6.73 Å². The second-order valence-corrected chi connectivity index (χ2v) is 1.80. The van der Waals surface area contributed by atoms with Crippen LogP contribution in [0, 0.1) is 0 Å².